The molecule has 1 fully saturated rings. The third-order valence-corrected chi connectivity index (χ3v) is 3.10. The molecule has 1 saturated heterocycles. The smallest absolute Gasteiger partial charge is 0.149 e. The van der Waals surface area contributed by atoms with Crippen molar-refractivity contribution < 1.29 is 4.74 Å². The number of morpholine rings is 1. The molecular weight excluding hydrogens is 228 g/mol. The number of nitrogens with one attached hydrogen (secondary N) is 1. The Morgan fingerprint density at radius 3 is 3.11 bits per heavy atom. The fourth-order valence-corrected chi connectivity index (χ4v) is 2.02. The lowest BCUT2D eigenvalue weighted by molar-refractivity contribution is 0.0381. The van der Waals surface area contributed by atoms with E-state index in [4.69, 9.17) is 4.74 Å². The van der Waals surface area contributed by atoms with Gasteiger partial charge in [-0.05, 0) is 12.8 Å². The van der Waals surface area contributed by atoms with Crippen LogP contribution in [0.2, 0.25) is 0 Å². The van der Waals surface area contributed by atoms with Crippen molar-refractivity contribution in [1.82, 2.24) is 9.97 Å². The monoisotopic (exact) mass is 250 g/mol. The molecule has 1 aromatic heterocycles. The van der Waals surface area contributed by atoms with Gasteiger partial charge in [0.2, 0.25) is 0 Å². The molecule has 1 unspecified atom stereocenters. The number of nitrogens with zero attached hydrogens (tertiary/aromatic N) is 3. The largest absolute Gasteiger partial charge is 0.375 e. The third-order valence-electron chi connectivity index (χ3n) is 3.10. The van der Waals surface area contributed by atoms with Gasteiger partial charge in [-0.1, -0.05) is 13.8 Å². The Balaban J connectivity index is 2.02. The van der Waals surface area contributed by atoms with E-state index >= 15 is 0 Å². The summed E-state index contributed by atoms with van der Waals surface area (Å²) in [6, 6.07) is 0. The van der Waals surface area contributed by atoms with Crippen LogP contribution in [0, 0.1) is 0 Å². The van der Waals surface area contributed by atoms with Gasteiger partial charge < -0.3 is 15.0 Å². The lowest BCUT2D eigenvalue weighted by atomic mass is 10.2. The summed E-state index contributed by atoms with van der Waals surface area (Å²) in [6.45, 7) is 7.79. The number of ether oxygens (including phenoxy) is 1. The molecule has 1 atom stereocenters. The highest BCUT2D eigenvalue weighted by atomic mass is 16.5. The average Bonchev–Trinajstić information content (AvgIpc) is 2.45. The summed E-state index contributed by atoms with van der Waals surface area (Å²) in [6.07, 6.45) is 6.04. The summed E-state index contributed by atoms with van der Waals surface area (Å²) in [5.74, 6) is 1.80. The van der Waals surface area contributed by atoms with Crippen LogP contribution in [-0.2, 0) is 4.74 Å². The predicted octanol–water partition coefficient (Wildman–Crippen LogP) is 1.91. The first-order valence-electron chi connectivity index (χ1n) is 6.76. The summed E-state index contributed by atoms with van der Waals surface area (Å²) >= 11 is 0. The minimum atomic E-state index is 0.313. The minimum Gasteiger partial charge on any atom is -0.375 e. The van der Waals surface area contributed by atoms with E-state index in [1.165, 1.54) is 0 Å². The molecule has 2 rings (SSSR count). The van der Waals surface area contributed by atoms with Gasteiger partial charge in [-0.15, -0.1) is 0 Å². The van der Waals surface area contributed by atoms with Gasteiger partial charge >= 0.3 is 0 Å². The van der Waals surface area contributed by atoms with E-state index in [1.54, 1.807) is 6.20 Å². The first-order valence-corrected chi connectivity index (χ1v) is 6.76. The van der Waals surface area contributed by atoms with Gasteiger partial charge in [-0.3, -0.25) is 4.98 Å². The van der Waals surface area contributed by atoms with Crippen LogP contribution in [0.3, 0.4) is 0 Å². The Hall–Kier alpha value is -1.36. The van der Waals surface area contributed by atoms with Crippen LogP contribution >= 0.6 is 0 Å². The van der Waals surface area contributed by atoms with Crippen LogP contribution in [0.15, 0.2) is 12.4 Å². The van der Waals surface area contributed by atoms with Crippen molar-refractivity contribution in [3.8, 4) is 0 Å². The molecule has 5 heteroatoms. The van der Waals surface area contributed by atoms with Crippen molar-refractivity contribution in [3.63, 3.8) is 0 Å². The summed E-state index contributed by atoms with van der Waals surface area (Å²) in [4.78, 5) is 11.1. The van der Waals surface area contributed by atoms with Crippen LogP contribution < -0.4 is 10.2 Å². The number of aromatic nitrogens is 2. The van der Waals surface area contributed by atoms with Gasteiger partial charge in [0, 0.05) is 19.6 Å². The van der Waals surface area contributed by atoms with Crippen LogP contribution in [0.5, 0.6) is 0 Å². The second-order valence-corrected chi connectivity index (χ2v) is 4.54. The molecule has 0 radical (unpaired) electrons. The predicted molar refractivity (Wildman–Crippen MR) is 73.1 cm³/mol. The molecule has 1 aliphatic rings. The zero-order chi connectivity index (χ0) is 12.8. The molecule has 18 heavy (non-hydrogen) atoms. The molecule has 1 aromatic rings. The second kappa shape index (κ2) is 6.54. The first-order chi connectivity index (χ1) is 8.83. The van der Waals surface area contributed by atoms with Gasteiger partial charge in [0.1, 0.15) is 11.6 Å². The molecule has 0 spiro atoms. The van der Waals surface area contributed by atoms with E-state index in [-0.39, 0.29) is 0 Å². The summed E-state index contributed by atoms with van der Waals surface area (Å²) in [7, 11) is 0. The zero-order valence-corrected chi connectivity index (χ0v) is 11.2. The summed E-state index contributed by atoms with van der Waals surface area (Å²) < 4.78 is 5.67. The summed E-state index contributed by atoms with van der Waals surface area (Å²) in [5, 5.41) is 3.27. The number of hydrogen-bond acceptors (Lipinski definition) is 5. The van der Waals surface area contributed by atoms with Crippen molar-refractivity contribution in [2.24, 2.45) is 0 Å². The Bertz CT molecular complexity index is 372. The van der Waals surface area contributed by atoms with Gasteiger partial charge in [0.05, 0.1) is 25.1 Å². The Morgan fingerprint density at radius 2 is 2.33 bits per heavy atom. The molecule has 100 valence electrons. The highest BCUT2D eigenvalue weighted by molar-refractivity contribution is 5.44. The number of anilines is 2. The molecule has 0 amide bonds. The molecule has 1 aliphatic heterocycles. The van der Waals surface area contributed by atoms with Crippen molar-refractivity contribution in [3.05, 3.63) is 12.4 Å². The van der Waals surface area contributed by atoms with Crippen molar-refractivity contribution in [2.45, 2.75) is 32.8 Å². The highest BCUT2D eigenvalue weighted by Crippen LogP contribution is 2.17. The van der Waals surface area contributed by atoms with E-state index in [9.17, 15) is 0 Å². The van der Waals surface area contributed by atoms with Crippen molar-refractivity contribution >= 4 is 11.6 Å². The van der Waals surface area contributed by atoms with Gasteiger partial charge in [0.15, 0.2) is 0 Å². The Labute approximate surface area is 109 Å². The quantitative estimate of drug-likeness (QED) is 0.865. The van der Waals surface area contributed by atoms with Crippen LogP contribution in [0.25, 0.3) is 0 Å². The molecule has 0 bridgehead atoms. The first kappa shape index (κ1) is 13.1. The molecule has 0 aliphatic carbocycles. The SMILES string of the molecule is CCCNc1cncc(N2CCOC(CC)C2)n1. The number of hydrogen-bond donors (Lipinski definition) is 1. The van der Waals surface area contributed by atoms with Gasteiger partial charge in [0.25, 0.3) is 0 Å². The zero-order valence-electron chi connectivity index (χ0n) is 11.2. The third kappa shape index (κ3) is 3.32. The van der Waals surface area contributed by atoms with E-state index in [0.717, 1.165) is 50.7 Å². The molecule has 2 heterocycles. The van der Waals surface area contributed by atoms with E-state index in [1.807, 2.05) is 6.20 Å². The molecule has 0 saturated carbocycles. The lowest BCUT2D eigenvalue weighted by Crippen LogP contribution is -2.42. The standard InChI is InChI=1S/C13H22N4O/c1-3-5-15-12-8-14-9-13(16-12)17-6-7-18-11(4-2)10-17/h8-9,11H,3-7,10H2,1-2H3,(H,15,16). The van der Waals surface area contributed by atoms with Gasteiger partial charge in [-0.2, -0.15) is 0 Å². The topological polar surface area (TPSA) is 50.3 Å². The average molecular weight is 250 g/mol. The number of rotatable bonds is 5. The molecule has 1 N–H and O–H groups in total. The fraction of sp³-hybridized carbons (Fsp3) is 0.692. The maximum atomic E-state index is 5.67. The Morgan fingerprint density at radius 1 is 1.44 bits per heavy atom. The van der Waals surface area contributed by atoms with E-state index in [0.29, 0.717) is 6.10 Å². The molecular formula is C13H22N4O. The maximum Gasteiger partial charge on any atom is 0.149 e. The van der Waals surface area contributed by atoms with Crippen LogP contribution in [0.1, 0.15) is 26.7 Å². The molecule has 5 nitrogen and oxygen atoms in total. The highest BCUT2D eigenvalue weighted by Gasteiger charge is 2.20. The van der Waals surface area contributed by atoms with Crippen LogP contribution in [0.4, 0.5) is 11.6 Å². The van der Waals surface area contributed by atoms with Crippen LogP contribution in [-0.4, -0.2) is 42.3 Å². The van der Waals surface area contributed by atoms with Crippen molar-refractivity contribution in [2.75, 3.05) is 36.5 Å². The van der Waals surface area contributed by atoms with Crippen molar-refractivity contribution in [1.29, 1.82) is 0 Å². The fourth-order valence-electron chi connectivity index (χ4n) is 2.02. The maximum absolute atomic E-state index is 5.67. The second-order valence-electron chi connectivity index (χ2n) is 4.54. The lowest BCUT2D eigenvalue weighted by Gasteiger charge is -2.33. The normalized spacial score (nSPS) is 19.9. The molecule has 0 aromatic carbocycles. The summed E-state index contributed by atoms with van der Waals surface area (Å²) in [5.41, 5.74) is 0. The van der Waals surface area contributed by atoms with E-state index < -0.39 is 0 Å². The van der Waals surface area contributed by atoms with Gasteiger partial charge in [-0.25, -0.2) is 4.98 Å². The minimum absolute atomic E-state index is 0.313. The van der Waals surface area contributed by atoms with E-state index in [2.05, 4.69) is 34.0 Å². The Kier molecular flexibility index (Phi) is 4.75.